The molecular weight excluding hydrogens is 444 g/mol. The average Bonchev–Trinajstić information content (AvgIpc) is 2.76. The Morgan fingerprint density at radius 1 is 1.12 bits per heavy atom. The summed E-state index contributed by atoms with van der Waals surface area (Å²) in [4.78, 5) is 34.5. The summed E-state index contributed by atoms with van der Waals surface area (Å²) >= 11 is 0. The van der Waals surface area contributed by atoms with Gasteiger partial charge in [0.15, 0.2) is 0 Å². The summed E-state index contributed by atoms with van der Waals surface area (Å²) < 4.78 is 56.1. The largest absolute Gasteiger partial charge is 0.417 e. The van der Waals surface area contributed by atoms with E-state index in [-0.39, 0.29) is 46.9 Å². The summed E-state index contributed by atoms with van der Waals surface area (Å²) in [7, 11) is 0. The van der Waals surface area contributed by atoms with Gasteiger partial charge in [-0.05, 0) is 17.7 Å². The van der Waals surface area contributed by atoms with E-state index in [2.05, 4.69) is 25.0 Å². The minimum atomic E-state index is -3.04. The summed E-state index contributed by atoms with van der Waals surface area (Å²) in [6.45, 7) is 0.509. The molecule has 0 radical (unpaired) electrons. The van der Waals surface area contributed by atoms with Gasteiger partial charge in [-0.3, -0.25) is 9.59 Å². The number of nitrogens with zero attached hydrogens (tertiary/aromatic N) is 2. The van der Waals surface area contributed by atoms with Gasteiger partial charge in [-0.25, -0.2) is 18.7 Å². The Bertz CT molecular complexity index is 1180. The van der Waals surface area contributed by atoms with Crippen LogP contribution >= 0.6 is 0 Å². The van der Waals surface area contributed by atoms with Crippen LogP contribution in [0.4, 0.5) is 17.6 Å². The van der Waals surface area contributed by atoms with Gasteiger partial charge in [0.1, 0.15) is 5.82 Å². The molecule has 0 aliphatic heterocycles. The molecule has 33 heavy (non-hydrogen) atoms. The quantitative estimate of drug-likeness (QED) is 0.485. The predicted octanol–water partition coefficient (Wildman–Crippen LogP) is 4.31. The van der Waals surface area contributed by atoms with Crippen LogP contribution in [-0.2, 0) is 11.3 Å². The lowest BCUT2D eigenvalue weighted by molar-refractivity contribution is -0.124. The Balaban J connectivity index is 1.99. The van der Waals surface area contributed by atoms with Gasteiger partial charge in [-0.1, -0.05) is 26.0 Å². The van der Waals surface area contributed by atoms with Crippen LogP contribution in [0.1, 0.15) is 31.4 Å². The monoisotopic (exact) mass is 464 g/mol. The van der Waals surface area contributed by atoms with Gasteiger partial charge < -0.3 is 15.0 Å². The van der Waals surface area contributed by atoms with Crippen molar-refractivity contribution in [2.45, 2.75) is 33.4 Å². The van der Waals surface area contributed by atoms with Crippen molar-refractivity contribution in [3.05, 3.63) is 64.1 Å². The van der Waals surface area contributed by atoms with Crippen molar-refractivity contribution < 1.29 is 27.1 Å². The maximum absolute atomic E-state index is 13.7. The van der Waals surface area contributed by atoms with Crippen LogP contribution in [0.5, 0.6) is 5.88 Å². The lowest BCUT2D eigenvalue weighted by atomic mass is 10.0. The maximum Gasteiger partial charge on any atom is 0.388 e. The Morgan fingerprint density at radius 2 is 1.88 bits per heavy atom. The molecular formula is C22H20F4N4O3. The number of hydrogen-bond acceptors (Lipinski definition) is 5. The van der Waals surface area contributed by atoms with Crippen molar-refractivity contribution >= 4 is 5.91 Å². The van der Waals surface area contributed by atoms with Crippen molar-refractivity contribution in [1.29, 1.82) is 0 Å². The molecule has 3 aromatic rings. The molecule has 0 fully saturated rings. The number of halogens is 4. The van der Waals surface area contributed by atoms with E-state index in [0.29, 0.717) is 11.1 Å². The first kappa shape index (κ1) is 23.9. The third kappa shape index (κ3) is 6.15. The topological polar surface area (TPSA) is 97.0 Å². The zero-order valence-electron chi connectivity index (χ0n) is 17.6. The molecule has 0 atom stereocenters. The number of benzene rings is 1. The van der Waals surface area contributed by atoms with Crippen molar-refractivity contribution in [1.82, 2.24) is 20.3 Å². The summed E-state index contributed by atoms with van der Waals surface area (Å²) in [6, 6.07) is 7.75. The van der Waals surface area contributed by atoms with Crippen LogP contribution < -0.4 is 15.6 Å². The second-order valence-corrected chi connectivity index (χ2v) is 7.34. The van der Waals surface area contributed by atoms with Gasteiger partial charge >= 0.3 is 6.61 Å². The number of carbonyl (C=O) groups excluding carboxylic acids is 1. The predicted molar refractivity (Wildman–Crippen MR) is 112 cm³/mol. The summed E-state index contributed by atoms with van der Waals surface area (Å²) in [6.07, 6.45) is -1.67. The molecule has 0 aliphatic rings. The molecule has 0 saturated carbocycles. The molecule has 2 heterocycles. The highest BCUT2D eigenvalue weighted by Crippen LogP contribution is 2.31. The highest BCUT2D eigenvalue weighted by molar-refractivity contribution is 5.77. The SMILES string of the molecule is CC(C)C(=O)NCc1ccc(C(F)F)c(-c2nc(-c3ccc(OC(F)F)nc3)cc(=O)[nH]2)c1. The lowest BCUT2D eigenvalue weighted by Gasteiger charge is -2.13. The Morgan fingerprint density at radius 3 is 2.48 bits per heavy atom. The van der Waals surface area contributed by atoms with Gasteiger partial charge in [0.2, 0.25) is 11.8 Å². The standard InChI is InChI=1S/C22H20F4N4O3/c1-11(2)21(32)28-9-12-3-5-14(19(23)24)15(7-12)20-29-16(8-17(31)30-20)13-4-6-18(27-10-13)33-22(25)26/h3-8,10-11,19,22H,9H2,1-2H3,(H,28,32)(H,29,30,31). The average molecular weight is 464 g/mol. The Labute approximate surface area is 185 Å². The molecule has 7 nitrogen and oxygen atoms in total. The molecule has 1 aromatic carbocycles. The zero-order valence-corrected chi connectivity index (χ0v) is 17.6. The summed E-state index contributed by atoms with van der Waals surface area (Å²) in [5.41, 5.74) is -0.0429. The van der Waals surface area contributed by atoms with Crippen LogP contribution in [0.2, 0.25) is 0 Å². The van der Waals surface area contributed by atoms with E-state index in [1.165, 1.54) is 36.5 Å². The summed E-state index contributed by atoms with van der Waals surface area (Å²) in [5.74, 6) is -0.881. The fourth-order valence-corrected chi connectivity index (χ4v) is 2.93. The number of H-pyrrole nitrogens is 1. The first-order valence-corrected chi connectivity index (χ1v) is 9.85. The molecule has 0 saturated heterocycles. The molecule has 0 unspecified atom stereocenters. The molecule has 174 valence electrons. The van der Waals surface area contributed by atoms with Crippen LogP contribution in [0.15, 0.2) is 47.4 Å². The summed E-state index contributed by atoms with van der Waals surface area (Å²) in [5, 5.41) is 2.70. The number of aromatic amines is 1. The fourth-order valence-electron chi connectivity index (χ4n) is 2.93. The van der Waals surface area contributed by atoms with Gasteiger partial charge in [-0.2, -0.15) is 8.78 Å². The van der Waals surface area contributed by atoms with Crippen LogP contribution in [0, 0.1) is 5.92 Å². The van der Waals surface area contributed by atoms with Gasteiger partial charge in [0.05, 0.1) is 5.69 Å². The minimum absolute atomic E-state index is 0.00846. The maximum atomic E-state index is 13.7. The van der Waals surface area contributed by atoms with Crippen LogP contribution in [0.3, 0.4) is 0 Å². The highest BCUT2D eigenvalue weighted by Gasteiger charge is 2.18. The number of ether oxygens (including phenoxy) is 1. The van der Waals surface area contributed by atoms with E-state index in [1.807, 2.05) is 0 Å². The van der Waals surface area contributed by atoms with E-state index < -0.39 is 18.6 Å². The van der Waals surface area contributed by atoms with E-state index in [0.717, 1.165) is 6.07 Å². The number of aromatic nitrogens is 3. The third-order valence-corrected chi connectivity index (χ3v) is 4.58. The van der Waals surface area contributed by atoms with Gasteiger partial charge in [0.25, 0.3) is 12.0 Å². The van der Waals surface area contributed by atoms with Crippen molar-refractivity contribution in [3.63, 3.8) is 0 Å². The Hall–Kier alpha value is -3.76. The van der Waals surface area contributed by atoms with E-state index in [9.17, 15) is 27.2 Å². The number of carbonyl (C=O) groups is 1. The van der Waals surface area contributed by atoms with Crippen LogP contribution in [-0.4, -0.2) is 27.5 Å². The third-order valence-electron chi connectivity index (χ3n) is 4.58. The number of pyridine rings is 1. The second-order valence-electron chi connectivity index (χ2n) is 7.34. The van der Waals surface area contributed by atoms with E-state index >= 15 is 0 Å². The number of hydrogen-bond donors (Lipinski definition) is 2. The molecule has 1 amide bonds. The molecule has 0 aliphatic carbocycles. The van der Waals surface area contributed by atoms with Crippen LogP contribution in [0.25, 0.3) is 22.6 Å². The first-order valence-electron chi connectivity index (χ1n) is 9.85. The fraction of sp³-hybridized carbons (Fsp3) is 0.273. The normalized spacial score (nSPS) is 11.3. The van der Waals surface area contributed by atoms with E-state index in [4.69, 9.17) is 0 Å². The minimum Gasteiger partial charge on any atom is -0.417 e. The molecule has 0 spiro atoms. The van der Waals surface area contributed by atoms with Crippen molar-refractivity contribution in [2.75, 3.05) is 0 Å². The Kier molecular flexibility index (Phi) is 7.41. The number of alkyl halides is 4. The highest BCUT2D eigenvalue weighted by atomic mass is 19.3. The van der Waals surface area contributed by atoms with Gasteiger partial charge in [-0.15, -0.1) is 0 Å². The first-order chi connectivity index (χ1) is 15.6. The van der Waals surface area contributed by atoms with Crippen molar-refractivity contribution in [3.8, 4) is 28.5 Å². The van der Waals surface area contributed by atoms with Gasteiger partial charge in [0, 0.05) is 47.5 Å². The number of rotatable bonds is 8. The molecule has 11 heteroatoms. The smallest absolute Gasteiger partial charge is 0.388 e. The second kappa shape index (κ2) is 10.2. The molecule has 2 aromatic heterocycles. The molecule has 0 bridgehead atoms. The van der Waals surface area contributed by atoms with E-state index in [1.54, 1.807) is 13.8 Å². The zero-order chi connectivity index (χ0) is 24.1. The number of nitrogens with one attached hydrogen (secondary N) is 2. The molecule has 3 rings (SSSR count). The molecule has 2 N–H and O–H groups in total. The van der Waals surface area contributed by atoms with Crippen molar-refractivity contribution in [2.24, 2.45) is 5.92 Å². The number of amides is 1. The lowest BCUT2D eigenvalue weighted by Crippen LogP contribution is -2.27.